The second-order valence-corrected chi connectivity index (χ2v) is 7.98. The molecule has 2 heterocycles. The minimum absolute atomic E-state index is 0.120. The van der Waals surface area contributed by atoms with Gasteiger partial charge in [0.2, 0.25) is 0 Å². The Morgan fingerprint density at radius 2 is 1.65 bits per heavy atom. The van der Waals surface area contributed by atoms with Crippen molar-refractivity contribution in [1.82, 2.24) is 18.7 Å². The highest BCUT2D eigenvalue weighted by Gasteiger charge is 2.21. The van der Waals surface area contributed by atoms with Crippen LogP contribution in [0.4, 0.5) is 0 Å². The lowest BCUT2D eigenvalue weighted by molar-refractivity contribution is 0.642. The lowest BCUT2D eigenvalue weighted by Gasteiger charge is -2.16. The smallest absolute Gasteiger partial charge is 0.317 e. The molecule has 4 rings (SSSR count). The standard InChI is InChI=1S/C25H26N4O2/c1-5-15-27-24(30)22-23(26-16-28(22)18(4)20-9-7-6-8-10-20)29(25(27)31)21-13-11-19(12-14-21)17(2)3/h5-14,16-18H,1,15H2,2-4H3. The van der Waals surface area contributed by atoms with E-state index in [4.69, 9.17) is 0 Å². The normalized spacial score (nSPS) is 12.4. The third-order valence-corrected chi connectivity index (χ3v) is 5.69. The van der Waals surface area contributed by atoms with Gasteiger partial charge in [-0.1, -0.05) is 62.4 Å². The van der Waals surface area contributed by atoms with Gasteiger partial charge in [-0.05, 0) is 36.1 Å². The van der Waals surface area contributed by atoms with Gasteiger partial charge in [0, 0.05) is 6.54 Å². The Kier molecular flexibility index (Phi) is 5.46. The van der Waals surface area contributed by atoms with E-state index >= 15 is 0 Å². The largest absolute Gasteiger partial charge is 0.337 e. The molecule has 0 saturated heterocycles. The van der Waals surface area contributed by atoms with Crippen LogP contribution in [0, 0.1) is 0 Å². The zero-order valence-corrected chi connectivity index (χ0v) is 18.0. The Labute approximate surface area is 180 Å². The molecular formula is C25H26N4O2. The van der Waals surface area contributed by atoms with Crippen LogP contribution in [0.5, 0.6) is 0 Å². The first-order valence-corrected chi connectivity index (χ1v) is 10.4. The van der Waals surface area contributed by atoms with Crippen molar-refractivity contribution in [2.75, 3.05) is 0 Å². The van der Waals surface area contributed by atoms with Crippen molar-refractivity contribution in [3.63, 3.8) is 0 Å². The summed E-state index contributed by atoms with van der Waals surface area (Å²) < 4.78 is 4.56. The van der Waals surface area contributed by atoms with E-state index in [1.165, 1.54) is 14.7 Å². The quantitative estimate of drug-likeness (QED) is 0.443. The van der Waals surface area contributed by atoms with Crippen LogP contribution in [0.3, 0.4) is 0 Å². The lowest BCUT2D eigenvalue weighted by Crippen LogP contribution is -2.40. The maximum Gasteiger partial charge on any atom is 0.337 e. The molecule has 31 heavy (non-hydrogen) atoms. The minimum atomic E-state index is -0.424. The monoisotopic (exact) mass is 414 g/mol. The SMILES string of the molecule is C=CCn1c(=O)c2c(ncn2C(C)c2ccccc2)n(-c2ccc(C(C)C)cc2)c1=O. The van der Waals surface area contributed by atoms with Gasteiger partial charge < -0.3 is 4.57 Å². The summed E-state index contributed by atoms with van der Waals surface area (Å²) in [5, 5.41) is 0. The number of benzene rings is 2. The van der Waals surface area contributed by atoms with E-state index in [9.17, 15) is 9.59 Å². The fraction of sp³-hybridized carbons (Fsp3) is 0.240. The Morgan fingerprint density at radius 3 is 2.26 bits per heavy atom. The first-order chi connectivity index (χ1) is 14.9. The van der Waals surface area contributed by atoms with Gasteiger partial charge in [-0.3, -0.25) is 9.36 Å². The van der Waals surface area contributed by atoms with Crippen molar-refractivity contribution in [3.8, 4) is 5.69 Å². The maximum absolute atomic E-state index is 13.3. The van der Waals surface area contributed by atoms with Crippen molar-refractivity contribution in [3.05, 3.63) is 106 Å². The van der Waals surface area contributed by atoms with Gasteiger partial charge in [0.05, 0.1) is 18.1 Å². The number of hydrogen-bond acceptors (Lipinski definition) is 3. The van der Waals surface area contributed by atoms with E-state index in [2.05, 4.69) is 25.4 Å². The molecule has 1 unspecified atom stereocenters. The number of aromatic nitrogens is 4. The van der Waals surface area contributed by atoms with Crippen LogP contribution in [-0.2, 0) is 6.54 Å². The van der Waals surface area contributed by atoms with Crippen LogP contribution in [0.15, 0.2) is 83.2 Å². The highest BCUT2D eigenvalue weighted by Crippen LogP contribution is 2.23. The molecule has 6 heteroatoms. The van der Waals surface area contributed by atoms with Crippen LogP contribution < -0.4 is 11.2 Å². The van der Waals surface area contributed by atoms with E-state index in [1.807, 2.05) is 66.1 Å². The van der Waals surface area contributed by atoms with Crippen LogP contribution in [0.25, 0.3) is 16.9 Å². The summed E-state index contributed by atoms with van der Waals surface area (Å²) in [5.41, 5.74) is 2.87. The maximum atomic E-state index is 13.3. The summed E-state index contributed by atoms with van der Waals surface area (Å²) >= 11 is 0. The molecule has 6 nitrogen and oxygen atoms in total. The fourth-order valence-electron chi connectivity index (χ4n) is 3.86. The summed E-state index contributed by atoms with van der Waals surface area (Å²) in [6, 6.07) is 17.6. The van der Waals surface area contributed by atoms with E-state index in [0.29, 0.717) is 22.8 Å². The molecule has 158 valence electrons. The second-order valence-electron chi connectivity index (χ2n) is 7.98. The third kappa shape index (κ3) is 3.54. The van der Waals surface area contributed by atoms with Crippen molar-refractivity contribution in [2.24, 2.45) is 0 Å². The molecular weight excluding hydrogens is 388 g/mol. The van der Waals surface area contributed by atoms with E-state index < -0.39 is 5.69 Å². The van der Waals surface area contributed by atoms with E-state index in [1.54, 1.807) is 12.4 Å². The molecule has 0 spiro atoms. The second kappa shape index (κ2) is 8.22. The Bertz CT molecular complexity index is 1340. The zero-order chi connectivity index (χ0) is 22.1. The topological polar surface area (TPSA) is 61.8 Å². The van der Waals surface area contributed by atoms with Gasteiger partial charge in [-0.15, -0.1) is 6.58 Å². The van der Waals surface area contributed by atoms with Crippen LogP contribution in [-0.4, -0.2) is 18.7 Å². The highest BCUT2D eigenvalue weighted by molar-refractivity contribution is 5.73. The van der Waals surface area contributed by atoms with Crippen LogP contribution in [0.1, 0.15) is 43.9 Å². The molecule has 0 amide bonds. The number of hydrogen-bond donors (Lipinski definition) is 0. The number of fused-ring (bicyclic) bond motifs is 1. The summed E-state index contributed by atoms with van der Waals surface area (Å²) in [6.07, 6.45) is 3.20. The first-order valence-electron chi connectivity index (χ1n) is 10.4. The molecule has 0 bridgehead atoms. The summed E-state index contributed by atoms with van der Waals surface area (Å²) in [7, 11) is 0. The van der Waals surface area contributed by atoms with Gasteiger partial charge in [0.25, 0.3) is 5.56 Å². The van der Waals surface area contributed by atoms with Crippen molar-refractivity contribution in [1.29, 1.82) is 0 Å². The average molecular weight is 415 g/mol. The number of imidazole rings is 1. The molecule has 0 aliphatic heterocycles. The molecule has 0 fully saturated rings. The van der Waals surface area contributed by atoms with Crippen LogP contribution >= 0.6 is 0 Å². The summed E-state index contributed by atoms with van der Waals surface area (Å²) in [6.45, 7) is 10.1. The van der Waals surface area contributed by atoms with E-state index in [0.717, 1.165) is 5.56 Å². The molecule has 2 aromatic carbocycles. The average Bonchev–Trinajstić information content (AvgIpc) is 3.22. The van der Waals surface area contributed by atoms with Crippen molar-refractivity contribution in [2.45, 2.75) is 39.3 Å². The van der Waals surface area contributed by atoms with Gasteiger partial charge in [-0.2, -0.15) is 0 Å². The Balaban J connectivity index is 2.01. The molecule has 0 radical (unpaired) electrons. The van der Waals surface area contributed by atoms with E-state index in [-0.39, 0.29) is 18.1 Å². The Morgan fingerprint density at radius 1 is 0.968 bits per heavy atom. The number of nitrogens with zero attached hydrogens (tertiary/aromatic N) is 4. The fourth-order valence-corrected chi connectivity index (χ4v) is 3.86. The number of allylic oxidation sites excluding steroid dienone is 1. The highest BCUT2D eigenvalue weighted by atomic mass is 16.2. The van der Waals surface area contributed by atoms with Crippen molar-refractivity contribution >= 4 is 11.2 Å². The van der Waals surface area contributed by atoms with Gasteiger partial charge in [-0.25, -0.2) is 14.3 Å². The molecule has 0 N–H and O–H groups in total. The third-order valence-electron chi connectivity index (χ3n) is 5.69. The zero-order valence-electron chi connectivity index (χ0n) is 18.0. The lowest BCUT2D eigenvalue weighted by atomic mass is 10.0. The first kappa shape index (κ1) is 20.6. The van der Waals surface area contributed by atoms with Crippen molar-refractivity contribution < 1.29 is 0 Å². The molecule has 1 atom stereocenters. The predicted molar refractivity (Wildman–Crippen MR) is 124 cm³/mol. The summed E-state index contributed by atoms with van der Waals surface area (Å²) in [5.74, 6) is 0.381. The van der Waals surface area contributed by atoms with Gasteiger partial charge in [0.15, 0.2) is 11.2 Å². The molecule has 2 aromatic heterocycles. The predicted octanol–water partition coefficient (Wildman–Crippen LogP) is 4.27. The Hall–Kier alpha value is -3.67. The number of rotatable bonds is 6. The van der Waals surface area contributed by atoms with Crippen LogP contribution in [0.2, 0.25) is 0 Å². The van der Waals surface area contributed by atoms with Gasteiger partial charge >= 0.3 is 5.69 Å². The molecule has 0 aliphatic rings. The molecule has 4 aromatic rings. The molecule has 0 saturated carbocycles. The van der Waals surface area contributed by atoms with Gasteiger partial charge in [0.1, 0.15) is 0 Å². The minimum Gasteiger partial charge on any atom is -0.317 e. The summed E-state index contributed by atoms with van der Waals surface area (Å²) in [4.78, 5) is 31.1. The molecule has 0 aliphatic carbocycles.